The monoisotopic (exact) mass is 460 g/mol. The van der Waals surface area contributed by atoms with E-state index in [1.54, 1.807) is 31.2 Å². The minimum atomic E-state index is -0.568. The second kappa shape index (κ2) is 8.15. The fourth-order valence-electron chi connectivity index (χ4n) is 4.28. The smallest absolute Gasteiger partial charge is 0.312 e. The van der Waals surface area contributed by atoms with Gasteiger partial charge in [-0.25, -0.2) is 0 Å². The van der Waals surface area contributed by atoms with Crippen LogP contribution in [0.25, 0.3) is 22.1 Å². The Morgan fingerprint density at radius 3 is 2.50 bits per heavy atom. The van der Waals surface area contributed by atoms with Gasteiger partial charge in [0.1, 0.15) is 34.5 Å². The van der Waals surface area contributed by atoms with E-state index in [0.717, 1.165) is 0 Å². The molecule has 0 bridgehead atoms. The summed E-state index contributed by atoms with van der Waals surface area (Å²) in [6.07, 6.45) is 1.25. The molecule has 34 heavy (non-hydrogen) atoms. The normalized spacial score (nSPS) is 15.1. The first-order valence-corrected chi connectivity index (χ1v) is 10.6. The Kier molecular flexibility index (Phi) is 5.13. The Balaban J connectivity index is 1.74. The number of hydrogen-bond acceptors (Lipinski definition) is 8. The molecule has 3 aromatic carbocycles. The molecule has 1 aliphatic rings. The van der Waals surface area contributed by atoms with Crippen molar-refractivity contribution < 1.29 is 34.0 Å². The number of hydrogen-bond donors (Lipinski definition) is 3. The fraction of sp³-hybridized carbons (Fsp3) is 0.154. The third-order valence-corrected chi connectivity index (χ3v) is 5.83. The zero-order chi connectivity index (χ0) is 24.0. The first-order chi connectivity index (χ1) is 16.4. The molecule has 2 heterocycles. The van der Waals surface area contributed by atoms with E-state index in [4.69, 9.17) is 13.9 Å². The van der Waals surface area contributed by atoms with Crippen LogP contribution in [0.15, 0.2) is 64.0 Å². The van der Waals surface area contributed by atoms with Crippen LogP contribution >= 0.6 is 0 Å². The van der Waals surface area contributed by atoms with E-state index in [1.165, 1.54) is 30.5 Å². The average molecular weight is 460 g/mol. The highest BCUT2D eigenvalue weighted by Gasteiger charge is 2.34. The van der Waals surface area contributed by atoms with Crippen LogP contribution in [0.4, 0.5) is 0 Å². The predicted octanol–water partition coefficient (Wildman–Crippen LogP) is 4.42. The van der Waals surface area contributed by atoms with Crippen LogP contribution in [0, 0.1) is 0 Å². The molecule has 1 aromatic heterocycles. The number of aromatic hydroxyl groups is 3. The summed E-state index contributed by atoms with van der Waals surface area (Å²) >= 11 is 0. The van der Waals surface area contributed by atoms with Gasteiger partial charge in [0.2, 0.25) is 5.43 Å². The van der Waals surface area contributed by atoms with E-state index < -0.39 is 17.3 Å². The number of esters is 1. The van der Waals surface area contributed by atoms with Crippen LogP contribution in [0.2, 0.25) is 0 Å². The van der Waals surface area contributed by atoms with Crippen LogP contribution in [0.5, 0.6) is 28.7 Å². The van der Waals surface area contributed by atoms with E-state index in [9.17, 15) is 24.9 Å². The number of carbonyl (C=O) groups excluding carboxylic acids is 1. The van der Waals surface area contributed by atoms with Gasteiger partial charge in [0, 0.05) is 17.5 Å². The summed E-state index contributed by atoms with van der Waals surface area (Å²) in [5.74, 6) is -1.08. The molecule has 8 nitrogen and oxygen atoms in total. The van der Waals surface area contributed by atoms with Gasteiger partial charge in [0.25, 0.3) is 0 Å². The summed E-state index contributed by atoms with van der Waals surface area (Å²) in [7, 11) is 0. The number of ether oxygens (including phenoxy) is 2. The lowest BCUT2D eigenvalue weighted by atomic mass is 9.84. The van der Waals surface area contributed by atoms with Gasteiger partial charge in [0.15, 0.2) is 11.5 Å². The average Bonchev–Trinajstić information content (AvgIpc) is 2.80. The summed E-state index contributed by atoms with van der Waals surface area (Å²) in [4.78, 5) is 25.7. The van der Waals surface area contributed by atoms with Gasteiger partial charge in [-0.2, -0.15) is 0 Å². The van der Waals surface area contributed by atoms with Crippen molar-refractivity contribution in [3.8, 4) is 39.9 Å². The summed E-state index contributed by atoms with van der Waals surface area (Å²) in [5.41, 5.74) is 1.43. The molecule has 0 amide bonds. The number of fused-ring (bicyclic) bond motifs is 3. The van der Waals surface area contributed by atoms with E-state index in [1.807, 2.05) is 0 Å². The van der Waals surface area contributed by atoms with Crippen molar-refractivity contribution in [2.24, 2.45) is 0 Å². The van der Waals surface area contributed by atoms with Crippen molar-refractivity contribution in [3.63, 3.8) is 0 Å². The first-order valence-electron chi connectivity index (χ1n) is 10.6. The van der Waals surface area contributed by atoms with Gasteiger partial charge in [-0.3, -0.25) is 9.59 Å². The van der Waals surface area contributed by atoms with E-state index >= 15 is 0 Å². The van der Waals surface area contributed by atoms with Crippen LogP contribution in [-0.4, -0.2) is 27.9 Å². The lowest BCUT2D eigenvalue weighted by Gasteiger charge is -2.26. The number of rotatable bonds is 4. The predicted molar refractivity (Wildman–Crippen MR) is 123 cm³/mol. The second-order valence-corrected chi connectivity index (χ2v) is 7.93. The molecular formula is C26H20O8. The standard InChI is InChI=1S/C26H20O8/c1-2-32-20-9-14(5-8-18(20)28)16-10-22(30)34-21-11-19(29)24-25(31)17(12-33-26(24)23(16)21)13-3-6-15(27)7-4-13/h3-9,11-12,16,27-29H,2,10H2,1H3/t16-/m0/s1. The van der Waals surface area contributed by atoms with E-state index in [0.29, 0.717) is 23.3 Å². The van der Waals surface area contributed by atoms with Crippen LogP contribution in [-0.2, 0) is 4.79 Å². The largest absolute Gasteiger partial charge is 0.508 e. The van der Waals surface area contributed by atoms with Crippen LogP contribution in [0.3, 0.4) is 0 Å². The molecule has 4 aromatic rings. The highest BCUT2D eigenvalue weighted by molar-refractivity contribution is 5.94. The van der Waals surface area contributed by atoms with Crippen molar-refractivity contribution >= 4 is 16.9 Å². The number of phenolic OH excluding ortho intramolecular Hbond substituents is 3. The van der Waals surface area contributed by atoms with Crippen molar-refractivity contribution in [3.05, 3.63) is 76.1 Å². The van der Waals surface area contributed by atoms with Crippen LogP contribution < -0.4 is 14.9 Å². The Morgan fingerprint density at radius 2 is 1.76 bits per heavy atom. The molecule has 0 saturated heterocycles. The molecule has 5 rings (SSSR count). The maximum absolute atomic E-state index is 13.4. The Morgan fingerprint density at radius 1 is 1.00 bits per heavy atom. The summed E-state index contributed by atoms with van der Waals surface area (Å²) in [6.45, 7) is 2.13. The molecule has 1 aliphatic heterocycles. The van der Waals surface area contributed by atoms with Crippen molar-refractivity contribution in [2.45, 2.75) is 19.3 Å². The van der Waals surface area contributed by atoms with Gasteiger partial charge in [-0.15, -0.1) is 0 Å². The SMILES string of the molecule is CCOc1cc([C@@H]2CC(=O)Oc3cc(O)c4c(=O)c(-c5ccc(O)cc5)coc4c32)ccc1O. The Hall–Kier alpha value is -4.46. The van der Waals surface area contributed by atoms with Crippen molar-refractivity contribution in [1.29, 1.82) is 0 Å². The molecule has 0 radical (unpaired) electrons. The Bertz CT molecular complexity index is 1480. The van der Waals surface area contributed by atoms with Gasteiger partial charge in [-0.1, -0.05) is 18.2 Å². The molecular weight excluding hydrogens is 440 g/mol. The van der Waals surface area contributed by atoms with Gasteiger partial charge >= 0.3 is 5.97 Å². The minimum absolute atomic E-state index is 0.0351. The van der Waals surface area contributed by atoms with Gasteiger partial charge in [-0.05, 0) is 42.3 Å². The van der Waals surface area contributed by atoms with Gasteiger partial charge in [0.05, 0.1) is 18.6 Å². The molecule has 0 fully saturated rings. The summed E-state index contributed by atoms with van der Waals surface area (Å²) in [5, 5.41) is 30.3. The topological polar surface area (TPSA) is 126 Å². The van der Waals surface area contributed by atoms with E-state index in [-0.39, 0.29) is 51.7 Å². The molecule has 172 valence electrons. The molecule has 0 spiro atoms. The Labute approximate surface area is 193 Å². The molecule has 3 N–H and O–H groups in total. The first kappa shape index (κ1) is 21.4. The lowest BCUT2D eigenvalue weighted by Crippen LogP contribution is -2.22. The zero-order valence-electron chi connectivity index (χ0n) is 18.1. The van der Waals surface area contributed by atoms with Gasteiger partial charge < -0.3 is 29.2 Å². The summed E-state index contributed by atoms with van der Waals surface area (Å²) < 4.78 is 16.7. The number of benzene rings is 3. The number of phenols is 3. The third-order valence-electron chi connectivity index (χ3n) is 5.83. The quantitative estimate of drug-likeness (QED) is 0.302. The fourth-order valence-corrected chi connectivity index (χ4v) is 4.28. The van der Waals surface area contributed by atoms with E-state index in [2.05, 4.69) is 0 Å². The number of carbonyl (C=O) groups is 1. The maximum Gasteiger partial charge on any atom is 0.312 e. The molecule has 0 unspecified atom stereocenters. The molecule has 1 atom stereocenters. The highest BCUT2D eigenvalue weighted by atomic mass is 16.5. The lowest BCUT2D eigenvalue weighted by molar-refractivity contribution is -0.135. The second-order valence-electron chi connectivity index (χ2n) is 7.93. The van der Waals surface area contributed by atoms with Crippen molar-refractivity contribution in [2.75, 3.05) is 6.61 Å². The zero-order valence-corrected chi connectivity index (χ0v) is 18.1. The highest BCUT2D eigenvalue weighted by Crippen LogP contribution is 2.46. The van der Waals surface area contributed by atoms with Crippen molar-refractivity contribution in [1.82, 2.24) is 0 Å². The third kappa shape index (κ3) is 3.49. The maximum atomic E-state index is 13.4. The molecule has 0 saturated carbocycles. The molecule has 0 aliphatic carbocycles. The van der Waals surface area contributed by atoms with Crippen LogP contribution in [0.1, 0.15) is 30.4 Å². The minimum Gasteiger partial charge on any atom is -0.508 e. The summed E-state index contributed by atoms with van der Waals surface area (Å²) in [6, 6.07) is 12.0. The molecule has 8 heteroatoms.